The third-order valence-electron chi connectivity index (χ3n) is 3.08. The van der Waals surface area contributed by atoms with Crippen LogP contribution in [0.25, 0.3) is 11.4 Å². The first-order valence-corrected chi connectivity index (χ1v) is 6.71. The van der Waals surface area contributed by atoms with Crippen molar-refractivity contribution < 1.29 is 0 Å². The summed E-state index contributed by atoms with van der Waals surface area (Å²) in [5.74, 6) is 0.794. The van der Waals surface area contributed by atoms with Crippen molar-refractivity contribution in [2.45, 2.75) is 19.5 Å². The van der Waals surface area contributed by atoms with Gasteiger partial charge in [0, 0.05) is 30.4 Å². The van der Waals surface area contributed by atoms with Gasteiger partial charge in [-0.05, 0) is 37.3 Å². The fraction of sp³-hybridized carbons (Fsp3) is 0.231. The highest BCUT2D eigenvalue weighted by molar-refractivity contribution is 7.71. The van der Waals surface area contributed by atoms with E-state index >= 15 is 0 Å². The minimum absolute atomic E-state index is 0.136. The topological polar surface area (TPSA) is 64.3 Å². The highest BCUT2D eigenvalue weighted by Crippen LogP contribution is 2.21. The third-order valence-corrected chi connectivity index (χ3v) is 3.36. The molecule has 0 aliphatic rings. The number of aromatic amines is 1. The van der Waals surface area contributed by atoms with E-state index in [9.17, 15) is 0 Å². The molecule has 7 heteroatoms. The van der Waals surface area contributed by atoms with E-state index < -0.39 is 0 Å². The number of aromatic nitrogens is 6. The average molecular weight is 286 g/mol. The lowest BCUT2D eigenvalue weighted by Gasteiger charge is -2.15. The normalized spacial score (nSPS) is 12.4. The number of hydrogen-bond donors (Lipinski definition) is 1. The molecule has 0 amide bonds. The zero-order valence-electron chi connectivity index (χ0n) is 11.0. The Bertz CT molecular complexity index is 728. The third kappa shape index (κ3) is 2.39. The molecule has 3 aromatic rings. The summed E-state index contributed by atoms with van der Waals surface area (Å²) in [5.41, 5.74) is 0.937. The van der Waals surface area contributed by atoms with Crippen LogP contribution >= 0.6 is 12.2 Å². The van der Waals surface area contributed by atoms with Gasteiger partial charge < -0.3 is 0 Å². The molecule has 0 saturated carbocycles. The van der Waals surface area contributed by atoms with Crippen LogP contribution in [0.1, 0.15) is 13.0 Å². The van der Waals surface area contributed by atoms with E-state index in [1.807, 2.05) is 33.6 Å². The maximum Gasteiger partial charge on any atom is 0.195 e. The zero-order valence-corrected chi connectivity index (χ0v) is 11.8. The lowest BCUT2D eigenvalue weighted by atomic mass is 10.2. The minimum Gasteiger partial charge on any atom is -0.295 e. The Morgan fingerprint density at radius 1 is 1.35 bits per heavy atom. The summed E-state index contributed by atoms with van der Waals surface area (Å²) in [6, 6.07) is 5.89. The minimum atomic E-state index is 0.136. The van der Waals surface area contributed by atoms with E-state index in [0.29, 0.717) is 4.77 Å². The smallest absolute Gasteiger partial charge is 0.195 e. The van der Waals surface area contributed by atoms with E-state index in [0.717, 1.165) is 17.9 Å². The standard InChI is InChI=1S/C13H14N6S/c1-10(9-18-7-3-6-15-18)19-12(16-17-13(19)20)11-4-2-5-14-8-11/h2-8,10H,9H2,1H3,(H,17,20). The van der Waals surface area contributed by atoms with Gasteiger partial charge in [0.1, 0.15) is 0 Å². The Labute approximate surface area is 121 Å². The Kier molecular flexibility index (Phi) is 3.42. The van der Waals surface area contributed by atoms with Crippen molar-refractivity contribution in [3.63, 3.8) is 0 Å². The number of nitrogens with one attached hydrogen (secondary N) is 1. The van der Waals surface area contributed by atoms with Crippen molar-refractivity contribution in [1.82, 2.24) is 29.5 Å². The Hall–Kier alpha value is -2.28. The van der Waals surface area contributed by atoms with Crippen LogP contribution < -0.4 is 0 Å². The van der Waals surface area contributed by atoms with Crippen LogP contribution in [0.5, 0.6) is 0 Å². The molecule has 0 aliphatic heterocycles. The van der Waals surface area contributed by atoms with Crippen LogP contribution in [0, 0.1) is 4.77 Å². The summed E-state index contributed by atoms with van der Waals surface area (Å²) in [7, 11) is 0. The second-order valence-electron chi connectivity index (χ2n) is 4.54. The SMILES string of the molecule is CC(Cn1cccn1)n1c(-c2cccnc2)n[nH]c1=S. The fourth-order valence-corrected chi connectivity index (χ4v) is 2.49. The summed E-state index contributed by atoms with van der Waals surface area (Å²) in [5, 5.41) is 11.4. The molecule has 1 unspecified atom stereocenters. The first-order chi connectivity index (χ1) is 9.75. The van der Waals surface area contributed by atoms with Gasteiger partial charge in [-0.2, -0.15) is 10.2 Å². The van der Waals surface area contributed by atoms with Crippen molar-refractivity contribution in [1.29, 1.82) is 0 Å². The maximum absolute atomic E-state index is 5.34. The van der Waals surface area contributed by atoms with E-state index in [2.05, 4.69) is 27.2 Å². The summed E-state index contributed by atoms with van der Waals surface area (Å²) < 4.78 is 4.48. The lowest BCUT2D eigenvalue weighted by molar-refractivity contribution is 0.436. The van der Waals surface area contributed by atoms with Crippen LogP contribution in [0.2, 0.25) is 0 Å². The van der Waals surface area contributed by atoms with Crippen molar-refractivity contribution in [3.05, 3.63) is 47.8 Å². The van der Waals surface area contributed by atoms with Crippen LogP contribution in [0.3, 0.4) is 0 Å². The van der Waals surface area contributed by atoms with Gasteiger partial charge in [0.2, 0.25) is 0 Å². The van der Waals surface area contributed by atoms with Gasteiger partial charge >= 0.3 is 0 Å². The molecule has 0 radical (unpaired) electrons. The van der Waals surface area contributed by atoms with Gasteiger partial charge in [-0.25, -0.2) is 0 Å². The fourth-order valence-electron chi connectivity index (χ4n) is 2.17. The molecule has 20 heavy (non-hydrogen) atoms. The van der Waals surface area contributed by atoms with Gasteiger partial charge in [0.25, 0.3) is 0 Å². The number of nitrogens with zero attached hydrogens (tertiary/aromatic N) is 5. The molecule has 0 aliphatic carbocycles. The van der Waals surface area contributed by atoms with Crippen molar-refractivity contribution in [2.24, 2.45) is 0 Å². The average Bonchev–Trinajstić information content (AvgIpc) is 3.09. The molecule has 3 aromatic heterocycles. The van der Waals surface area contributed by atoms with E-state index in [-0.39, 0.29) is 6.04 Å². The molecule has 102 valence electrons. The molecule has 0 saturated heterocycles. The quantitative estimate of drug-likeness (QED) is 0.748. The monoisotopic (exact) mass is 286 g/mol. The maximum atomic E-state index is 5.34. The van der Waals surface area contributed by atoms with Crippen LogP contribution in [0.4, 0.5) is 0 Å². The molecule has 0 bridgehead atoms. The second-order valence-corrected chi connectivity index (χ2v) is 4.93. The predicted octanol–water partition coefficient (Wildman–Crippen LogP) is 2.46. The highest BCUT2D eigenvalue weighted by atomic mass is 32.1. The molecule has 3 rings (SSSR count). The summed E-state index contributed by atoms with van der Waals surface area (Å²) >= 11 is 5.34. The van der Waals surface area contributed by atoms with Gasteiger partial charge in [0.15, 0.2) is 10.6 Å². The number of hydrogen-bond acceptors (Lipinski definition) is 4. The van der Waals surface area contributed by atoms with Gasteiger partial charge in [-0.1, -0.05) is 0 Å². The molecular formula is C13H14N6S. The summed E-state index contributed by atoms with van der Waals surface area (Å²) in [4.78, 5) is 4.13. The van der Waals surface area contributed by atoms with E-state index in [1.165, 1.54) is 0 Å². The Morgan fingerprint density at radius 3 is 2.95 bits per heavy atom. The lowest BCUT2D eigenvalue weighted by Crippen LogP contribution is -2.14. The second kappa shape index (κ2) is 5.38. The van der Waals surface area contributed by atoms with Crippen LogP contribution in [-0.2, 0) is 6.54 Å². The van der Waals surface area contributed by atoms with Crippen molar-refractivity contribution in [2.75, 3.05) is 0 Å². The van der Waals surface area contributed by atoms with Gasteiger partial charge in [-0.15, -0.1) is 0 Å². The van der Waals surface area contributed by atoms with Crippen molar-refractivity contribution in [3.8, 4) is 11.4 Å². The molecule has 3 heterocycles. The van der Waals surface area contributed by atoms with Gasteiger partial charge in [0.05, 0.1) is 12.6 Å². The summed E-state index contributed by atoms with van der Waals surface area (Å²) in [6.45, 7) is 2.82. The molecule has 0 spiro atoms. The van der Waals surface area contributed by atoms with Crippen molar-refractivity contribution >= 4 is 12.2 Å². The Balaban J connectivity index is 1.97. The van der Waals surface area contributed by atoms with Crippen LogP contribution in [0.15, 0.2) is 43.0 Å². The van der Waals surface area contributed by atoms with E-state index in [4.69, 9.17) is 12.2 Å². The largest absolute Gasteiger partial charge is 0.295 e. The summed E-state index contributed by atoms with van der Waals surface area (Å²) in [6.07, 6.45) is 7.22. The van der Waals surface area contributed by atoms with E-state index in [1.54, 1.807) is 18.6 Å². The highest BCUT2D eigenvalue weighted by Gasteiger charge is 2.15. The molecule has 0 aromatic carbocycles. The number of rotatable bonds is 4. The first-order valence-electron chi connectivity index (χ1n) is 6.30. The number of H-pyrrole nitrogens is 1. The molecule has 6 nitrogen and oxygen atoms in total. The zero-order chi connectivity index (χ0) is 13.9. The molecule has 0 fully saturated rings. The molecule has 1 atom stereocenters. The number of pyridine rings is 1. The Morgan fingerprint density at radius 2 is 2.25 bits per heavy atom. The predicted molar refractivity (Wildman–Crippen MR) is 77.6 cm³/mol. The van der Waals surface area contributed by atoms with Crippen LogP contribution in [-0.4, -0.2) is 29.5 Å². The first kappa shape index (κ1) is 12.7. The van der Waals surface area contributed by atoms with Gasteiger partial charge in [-0.3, -0.25) is 19.3 Å². The molecule has 1 N–H and O–H groups in total. The molecular weight excluding hydrogens is 272 g/mol.